The highest BCUT2D eigenvalue weighted by Gasteiger charge is 2.13. The third-order valence-electron chi connectivity index (χ3n) is 3.01. The molecule has 2 heteroatoms. The first-order chi connectivity index (χ1) is 8.56. The quantitative estimate of drug-likeness (QED) is 0.821. The summed E-state index contributed by atoms with van der Waals surface area (Å²) in [5, 5.41) is 3.48. The number of hydrogen-bond donors (Lipinski definition) is 1. The molecule has 1 aliphatic heterocycles. The average molecular weight is 245 g/mol. The van der Waals surface area contributed by atoms with Gasteiger partial charge in [0.05, 0.1) is 6.61 Å². The fourth-order valence-electron chi connectivity index (χ4n) is 2.11. The number of para-hydroxylation sites is 1. The van der Waals surface area contributed by atoms with Gasteiger partial charge in [0.25, 0.3) is 0 Å². The van der Waals surface area contributed by atoms with Crippen LogP contribution < -0.4 is 10.1 Å². The third-order valence-corrected chi connectivity index (χ3v) is 3.01. The zero-order valence-electron chi connectivity index (χ0n) is 11.6. The lowest BCUT2D eigenvalue weighted by Crippen LogP contribution is -2.36. The minimum absolute atomic E-state index is 0.199. The second kappa shape index (κ2) is 5.57. The molecule has 0 atom stereocenters. The number of nitrogens with one attached hydrogen (secondary N) is 1. The van der Waals surface area contributed by atoms with E-state index in [-0.39, 0.29) is 5.54 Å². The molecule has 1 heterocycles. The summed E-state index contributed by atoms with van der Waals surface area (Å²) >= 11 is 0. The minimum atomic E-state index is 0.199. The van der Waals surface area contributed by atoms with E-state index in [4.69, 9.17) is 4.74 Å². The van der Waals surface area contributed by atoms with Gasteiger partial charge in [0, 0.05) is 17.5 Å². The Balaban J connectivity index is 1.88. The molecule has 0 aliphatic carbocycles. The summed E-state index contributed by atoms with van der Waals surface area (Å²) in [4.78, 5) is 0. The molecule has 1 aromatic carbocycles. The normalized spacial score (nSPS) is 14.8. The van der Waals surface area contributed by atoms with Crippen molar-refractivity contribution in [2.24, 2.45) is 0 Å². The van der Waals surface area contributed by atoms with Crippen LogP contribution in [0.1, 0.15) is 38.3 Å². The molecule has 1 aromatic rings. The average Bonchev–Trinajstić information content (AvgIpc) is 2.75. The van der Waals surface area contributed by atoms with E-state index in [1.54, 1.807) is 0 Å². The molecule has 0 unspecified atom stereocenters. The van der Waals surface area contributed by atoms with Gasteiger partial charge in [-0.2, -0.15) is 0 Å². The van der Waals surface area contributed by atoms with Crippen molar-refractivity contribution in [3.8, 4) is 5.75 Å². The summed E-state index contributed by atoms with van der Waals surface area (Å²) < 4.78 is 5.67. The van der Waals surface area contributed by atoms with Crippen LogP contribution in [0.4, 0.5) is 0 Å². The summed E-state index contributed by atoms with van der Waals surface area (Å²) in [6.07, 6.45) is 6.48. The maximum absolute atomic E-state index is 5.67. The summed E-state index contributed by atoms with van der Waals surface area (Å²) in [6.45, 7) is 8.40. The number of hydrogen-bond acceptors (Lipinski definition) is 2. The summed E-state index contributed by atoms with van der Waals surface area (Å²) in [6, 6.07) is 6.39. The second-order valence-electron chi connectivity index (χ2n) is 5.80. The van der Waals surface area contributed by atoms with Crippen molar-refractivity contribution in [1.82, 2.24) is 5.32 Å². The maximum Gasteiger partial charge on any atom is 0.129 e. The Bertz CT molecular complexity index is 429. The SMILES string of the molecule is CC(C)(C)NCC/C=C/c1cccc2c1OCC2. The molecule has 0 amide bonds. The molecule has 2 rings (SSSR count). The van der Waals surface area contributed by atoms with Crippen molar-refractivity contribution in [1.29, 1.82) is 0 Å². The highest BCUT2D eigenvalue weighted by Crippen LogP contribution is 2.30. The van der Waals surface area contributed by atoms with Crippen molar-refractivity contribution >= 4 is 6.08 Å². The van der Waals surface area contributed by atoms with Gasteiger partial charge in [-0.05, 0) is 39.3 Å². The Morgan fingerprint density at radius 3 is 2.94 bits per heavy atom. The van der Waals surface area contributed by atoms with E-state index in [2.05, 4.69) is 56.4 Å². The lowest BCUT2D eigenvalue weighted by molar-refractivity contribution is 0.356. The molecule has 1 aliphatic rings. The van der Waals surface area contributed by atoms with Crippen LogP contribution in [0.3, 0.4) is 0 Å². The van der Waals surface area contributed by atoms with Gasteiger partial charge in [0.2, 0.25) is 0 Å². The Labute approximate surface area is 110 Å². The Hall–Kier alpha value is -1.28. The lowest BCUT2D eigenvalue weighted by Gasteiger charge is -2.19. The van der Waals surface area contributed by atoms with E-state index in [0.29, 0.717) is 0 Å². The number of benzene rings is 1. The molecule has 1 N–H and O–H groups in total. The summed E-state index contributed by atoms with van der Waals surface area (Å²) in [5.41, 5.74) is 2.75. The van der Waals surface area contributed by atoms with Crippen molar-refractivity contribution < 1.29 is 4.74 Å². The van der Waals surface area contributed by atoms with Gasteiger partial charge in [0.1, 0.15) is 5.75 Å². The Morgan fingerprint density at radius 1 is 1.33 bits per heavy atom. The van der Waals surface area contributed by atoms with Crippen LogP contribution in [0.15, 0.2) is 24.3 Å². The van der Waals surface area contributed by atoms with Crippen LogP contribution in [0.25, 0.3) is 6.08 Å². The van der Waals surface area contributed by atoms with Gasteiger partial charge >= 0.3 is 0 Å². The van der Waals surface area contributed by atoms with Gasteiger partial charge in [-0.1, -0.05) is 30.4 Å². The topological polar surface area (TPSA) is 21.3 Å². The Kier molecular flexibility index (Phi) is 4.07. The van der Waals surface area contributed by atoms with Crippen LogP contribution in [-0.4, -0.2) is 18.7 Å². The van der Waals surface area contributed by atoms with Crippen LogP contribution in [0.5, 0.6) is 5.75 Å². The Morgan fingerprint density at radius 2 is 2.17 bits per heavy atom. The molecule has 0 aromatic heterocycles. The molecule has 0 saturated heterocycles. The highest BCUT2D eigenvalue weighted by molar-refractivity contribution is 5.60. The van der Waals surface area contributed by atoms with E-state index in [9.17, 15) is 0 Å². The standard InChI is InChI=1S/C16H23NO/c1-16(2,3)17-11-5-4-7-13-8-6-9-14-10-12-18-15(13)14/h4,6-9,17H,5,10-12H2,1-3H3/b7-4+. The molecule has 98 valence electrons. The van der Waals surface area contributed by atoms with E-state index in [0.717, 1.165) is 31.7 Å². The first-order valence-corrected chi connectivity index (χ1v) is 6.72. The smallest absolute Gasteiger partial charge is 0.129 e. The van der Waals surface area contributed by atoms with Crippen molar-refractivity contribution in [3.63, 3.8) is 0 Å². The number of ether oxygens (including phenoxy) is 1. The van der Waals surface area contributed by atoms with E-state index >= 15 is 0 Å². The first-order valence-electron chi connectivity index (χ1n) is 6.72. The molecule has 0 bridgehead atoms. The maximum atomic E-state index is 5.67. The van der Waals surface area contributed by atoms with Gasteiger partial charge in [-0.25, -0.2) is 0 Å². The third kappa shape index (κ3) is 3.61. The van der Waals surface area contributed by atoms with Crippen LogP contribution in [0.2, 0.25) is 0 Å². The van der Waals surface area contributed by atoms with Gasteiger partial charge < -0.3 is 10.1 Å². The number of fused-ring (bicyclic) bond motifs is 1. The molecule has 0 spiro atoms. The fourth-order valence-corrected chi connectivity index (χ4v) is 2.11. The van der Waals surface area contributed by atoms with Crippen LogP contribution >= 0.6 is 0 Å². The monoisotopic (exact) mass is 245 g/mol. The van der Waals surface area contributed by atoms with Crippen LogP contribution in [0, 0.1) is 0 Å². The largest absolute Gasteiger partial charge is 0.492 e. The first kappa shape index (κ1) is 13.2. The zero-order valence-corrected chi connectivity index (χ0v) is 11.6. The van der Waals surface area contributed by atoms with Crippen molar-refractivity contribution in [2.75, 3.05) is 13.2 Å². The van der Waals surface area contributed by atoms with E-state index in [1.165, 1.54) is 11.1 Å². The van der Waals surface area contributed by atoms with Crippen molar-refractivity contribution in [2.45, 2.75) is 39.2 Å². The van der Waals surface area contributed by atoms with Crippen molar-refractivity contribution in [3.05, 3.63) is 35.4 Å². The predicted molar refractivity (Wildman–Crippen MR) is 77.0 cm³/mol. The molecule has 18 heavy (non-hydrogen) atoms. The summed E-state index contributed by atoms with van der Waals surface area (Å²) in [7, 11) is 0. The van der Waals surface area contributed by atoms with E-state index < -0.39 is 0 Å². The molecule has 2 nitrogen and oxygen atoms in total. The molecular formula is C16H23NO. The lowest BCUT2D eigenvalue weighted by atomic mass is 10.1. The zero-order chi connectivity index (χ0) is 13.0. The summed E-state index contributed by atoms with van der Waals surface area (Å²) in [5.74, 6) is 1.08. The highest BCUT2D eigenvalue weighted by atomic mass is 16.5. The van der Waals surface area contributed by atoms with Gasteiger partial charge in [0.15, 0.2) is 0 Å². The molecule has 0 saturated carbocycles. The minimum Gasteiger partial charge on any atom is -0.492 e. The molecule has 0 radical (unpaired) electrons. The van der Waals surface area contributed by atoms with Gasteiger partial charge in [-0.15, -0.1) is 0 Å². The van der Waals surface area contributed by atoms with Gasteiger partial charge in [-0.3, -0.25) is 0 Å². The molecular weight excluding hydrogens is 222 g/mol. The predicted octanol–water partition coefficient (Wildman–Crippen LogP) is 3.41. The second-order valence-corrected chi connectivity index (χ2v) is 5.80. The molecule has 0 fully saturated rings. The van der Waals surface area contributed by atoms with E-state index in [1.807, 2.05) is 0 Å². The van der Waals surface area contributed by atoms with Crippen LogP contribution in [-0.2, 0) is 6.42 Å². The fraction of sp³-hybridized carbons (Fsp3) is 0.500. The number of rotatable bonds is 4.